The summed E-state index contributed by atoms with van der Waals surface area (Å²) in [5, 5.41) is 13.6. The molecule has 1 heterocycles. The summed E-state index contributed by atoms with van der Waals surface area (Å²) in [6.07, 6.45) is 0. The van der Waals surface area contributed by atoms with E-state index in [1.807, 2.05) is 0 Å². The van der Waals surface area contributed by atoms with Gasteiger partial charge >= 0.3 is 0 Å². The summed E-state index contributed by atoms with van der Waals surface area (Å²) >= 11 is 3.34. The van der Waals surface area contributed by atoms with Crippen molar-refractivity contribution < 1.29 is 19.1 Å². The first-order valence-electron chi connectivity index (χ1n) is 4.94. The fourth-order valence-corrected chi connectivity index (χ4v) is 2.33. The second kappa shape index (κ2) is 4.77. The number of rotatable bonds is 3. The molecule has 0 spiro atoms. The molecule has 0 unspecified atom stereocenters. The van der Waals surface area contributed by atoms with Crippen LogP contribution < -0.4 is 15.2 Å². The predicted octanol–water partition coefficient (Wildman–Crippen LogP) is 2.41. The molecule has 96 valence electrons. The normalized spacial score (nSPS) is 10.4. The van der Waals surface area contributed by atoms with Gasteiger partial charge in [0.1, 0.15) is 5.75 Å². The summed E-state index contributed by atoms with van der Waals surface area (Å²) in [6, 6.07) is 2.93. The third-order valence-electron chi connectivity index (χ3n) is 2.37. The van der Waals surface area contributed by atoms with E-state index in [4.69, 9.17) is 19.7 Å². The number of hydrogen-bond donors (Lipinski definition) is 2. The number of nitrogens with two attached hydrogens (primary N) is 1. The first-order chi connectivity index (χ1) is 8.58. The molecule has 1 aromatic carbocycles. The van der Waals surface area contributed by atoms with Gasteiger partial charge in [0.05, 0.1) is 24.3 Å². The van der Waals surface area contributed by atoms with Gasteiger partial charge in [-0.05, 0) is 15.9 Å². The van der Waals surface area contributed by atoms with Gasteiger partial charge in [0.15, 0.2) is 23.1 Å². The van der Waals surface area contributed by atoms with Crippen molar-refractivity contribution in [1.29, 1.82) is 0 Å². The highest BCUT2D eigenvalue weighted by atomic mass is 79.9. The van der Waals surface area contributed by atoms with Gasteiger partial charge in [-0.15, -0.1) is 0 Å². The molecule has 0 fully saturated rings. The molecule has 0 aliphatic heterocycles. The number of hydrogen-bond acceptors (Lipinski definition) is 6. The maximum atomic E-state index is 9.99. The Balaban J connectivity index is 2.68. The van der Waals surface area contributed by atoms with Crippen molar-refractivity contribution in [1.82, 2.24) is 5.16 Å². The molecule has 0 aliphatic carbocycles. The average molecular weight is 315 g/mol. The SMILES string of the molecule is COc1cc(O)c(-c2cc(N)no2)c(Br)c1OC. The Labute approximate surface area is 111 Å². The topological polar surface area (TPSA) is 90.7 Å². The Bertz CT molecular complexity index is 583. The molecule has 1 aromatic heterocycles. The predicted molar refractivity (Wildman–Crippen MR) is 68.8 cm³/mol. The van der Waals surface area contributed by atoms with Gasteiger partial charge in [-0.3, -0.25) is 0 Å². The molecule has 18 heavy (non-hydrogen) atoms. The summed E-state index contributed by atoms with van der Waals surface area (Å²) in [7, 11) is 2.98. The standard InChI is InChI=1S/C11H11BrN2O4/c1-16-7-3-5(15)9(10(12)11(7)17-2)6-4-8(13)14-18-6/h3-4,15H,1-2H3,(H2,13,14). The number of methoxy groups -OCH3 is 2. The summed E-state index contributed by atoms with van der Waals surface area (Å²) in [5.41, 5.74) is 5.88. The molecule has 0 saturated heterocycles. The van der Waals surface area contributed by atoms with Crippen molar-refractivity contribution in [3.05, 3.63) is 16.6 Å². The maximum Gasteiger partial charge on any atom is 0.175 e. The smallest absolute Gasteiger partial charge is 0.175 e. The summed E-state index contributed by atoms with van der Waals surface area (Å²) < 4.78 is 15.8. The second-order valence-corrected chi connectivity index (χ2v) is 4.23. The number of nitrogens with zero attached hydrogens (tertiary/aromatic N) is 1. The second-order valence-electron chi connectivity index (χ2n) is 3.44. The molecule has 0 atom stereocenters. The zero-order valence-corrected chi connectivity index (χ0v) is 11.3. The van der Waals surface area contributed by atoms with Crippen LogP contribution in [0.3, 0.4) is 0 Å². The maximum absolute atomic E-state index is 9.99. The number of phenols is 1. The highest BCUT2D eigenvalue weighted by Crippen LogP contribution is 2.47. The molecule has 0 aliphatic rings. The fraction of sp³-hybridized carbons (Fsp3) is 0.182. The largest absolute Gasteiger partial charge is 0.507 e. The van der Waals surface area contributed by atoms with Crippen molar-refractivity contribution >= 4 is 21.7 Å². The molecular weight excluding hydrogens is 304 g/mol. The lowest BCUT2D eigenvalue weighted by atomic mass is 10.1. The molecular formula is C11H11BrN2O4. The molecule has 0 radical (unpaired) electrons. The highest BCUT2D eigenvalue weighted by molar-refractivity contribution is 9.10. The van der Waals surface area contributed by atoms with Gasteiger partial charge < -0.3 is 24.8 Å². The number of aromatic hydroxyl groups is 1. The van der Waals surface area contributed by atoms with E-state index in [1.165, 1.54) is 26.4 Å². The summed E-state index contributed by atoms with van der Waals surface area (Å²) in [4.78, 5) is 0. The minimum Gasteiger partial charge on any atom is -0.507 e. The number of phenolic OH excluding ortho intramolecular Hbond substituents is 1. The lowest BCUT2D eigenvalue weighted by molar-refractivity contribution is 0.349. The van der Waals surface area contributed by atoms with E-state index in [2.05, 4.69) is 21.1 Å². The van der Waals surface area contributed by atoms with Gasteiger partial charge in [0.2, 0.25) is 0 Å². The van der Waals surface area contributed by atoms with Gasteiger partial charge in [0, 0.05) is 12.1 Å². The molecule has 0 bridgehead atoms. The van der Waals surface area contributed by atoms with Crippen molar-refractivity contribution in [2.45, 2.75) is 0 Å². The Morgan fingerprint density at radius 3 is 2.56 bits per heavy atom. The first-order valence-corrected chi connectivity index (χ1v) is 5.73. The molecule has 7 heteroatoms. The molecule has 3 N–H and O–H groups in total. The lowest BCUT2D eigenvalue weighted by Gasteiger charge is -2.13. The third kappa shape index (κ3) is 1.97. The quantitative estimate of drug-likeness (QED) is 0.904. The van der Waals surface area contributed by atoms with Crippen LogP contribution >= 0.6 is 15.9 Å². The van der Waals surface area contributed by atoms with Crippen LogP contribution in [0.2, 0.25) is 0 Å². The van der Waals surface area contributed by atoms with Crippen LogP contribution in [0.25, 0.3) is 11.3 Å². The van der Waals surface area contributed by atoms with Crippen LogP contribution in [-0.2, 0) is 0 Å². The first kappa shape index (κ1) is 12.6. The van der Waals surface area contributed by atoms with Crippen LogP contribution in [-0.4, -0.2) is 24.5 Å². The number of nitrogen functional groups attached to an aromatic ring is 1. The molecule has 0 saturated carbocycles. The van der Waals surface area contributed by atoms with Gasteiger partial charge in [0.25, 0.3) is 0 Å². The van der Waals surface area contributed by atoms with Gasteiger partial charge in [-0.2, -0.15) is 0 Å². The monoisotopic (exact) mass is 314 g/mol. The van der Waals surface area contributed by atoms with E-state index in [0.29, 0.717) is 27.3 Å². The third-order valence-corrected chi connectivity index (χ3v) is 3.12. The molecule has 2 aromatic rings. The number of anilines is 1. The van der Waals surface area contributed by atoms with E-state index >= 15 is 0 Å². The van der Waals surface area contributed by atoms with Crippen LogP contribution in [0.1, 0.15) is 0 Å². The summed E-state index contributed by atoms with van der Waals surface area (Å²) in [6.45, 7) is 0. The van der Waals surface area contributed by atoms with Crippen LogP contribution in [0, 0.1) is 0 Å². The van der Waals surface area contributed by atoms with E-state index < -0.39 is 0 Å². The van der Waals surface area contributed by atoms with Crippen molar-refractivity contribution in [3.8, 4) is 28.6 Å². The van der Waals surface area contributed by atoms with E-state index in [0.717, 1.165) is 0 Å². The fourth-order valence-electron chi connectivity index (χ4n) is 1.58. The van der Waals surface area contributed by atoms with Crippen LogP contribution in [0.5, 0.6) is 17.2 Å². The number of ether oxygens (including phenoxy) is 2. The van der Waals surface area contributed by atoms with Crippen LogP contribution in [0.4, 0.5) is 5.82 Å². The average Bonchev–Trinajstić information content (AvgIpc) is 2.75. The molecule has 0 amide bonds. The van der Waals surface area contributed by atoms with Gasteiger partial charge in [-0.1, -0.05) is 5.16 Å². The Kier molecular flexibility index (Phi) is 3.33. The van der Waals surface area contributed by atoms with E-state index in [-0.39, 0.29) is 11.6 Å². The minimum atomic E-state index is -0.0318. The van der Waals surface area contributed by atoms with Crippen molar-refractivity contribution in [3.63, 3.8) is 0 Å². The zero-order chi connectivity index (χ0) is 13.3. The lowest BCUT2D eigenvalue weighted by Crippen LogP contribution is -1.93. The Morgan fingerprint density at radius 2 is 2.06 bits per heavy atom. The molecule has 6 nitrogen and oxygen atoms in total. The van der Waals surface area contributed by atoms with Crippen LogP contribution in [0.15, 0.2) is 21.1 Å². The Hall–Kier alpha value is -1.89. The number of halogens is 1. The van der Waals surface area contributed by atoms with E-state index in [1.54, 1.807) is 0 Å². The van der Waals surface area contributed by atoms with Crippen molar-refractivity contribution in [2.75, 3.05) is 20.0 Å². The highest BCUT2D eigenvalue weighted by Gasteiger charge is 2.21. The Morgan fingerprint density at radius 1 is 1.33 bits per heavy atom. The van der Waals surface area contributed by atoms with Gasteiger partial charge in [-0.25, -0.2) is 0 Å². The summed E-state index contributed by atoms with van der Waals surface area (Å²) in [5.74, 6) is 1.37. The van der Waals surface area contributed by atoms with E-state index in [9.17, 15) is 5.11 Å². The van der Waals surface area contributed by atoms with Crippen molar-refractivity contribution in [2.24, 2.45) is 0 Å². The number of aromatic nitrogens is 1. The number of benzene rings is 1. The minimum absolute atomic E-state index is 0.0318. The molecule has 2 rings (SSSR count). The zero-order valence-electron chi connectivity index (χ0n) is 9.73.